The SMILES string of the molecule is CSCCC(N)C(=O)NC(Cc1ccccc1)C(=O)NC(CC(=O)O)C(=O)NC(CCSC)C(=O)O. The van der Waals surface area contributed by atoms with E-state index in [1.807, 2.05) is 6.26 Å². The van der Waals surface area contributed by atoms with Gasteiger partial charge in [0.25, 0.3) is 0 Å². The molecule has 4 atom stereocenters. The maximum absolute atomic E-state index is 13.1. The number of carboxylic acid groups (broad SMARTS) is 2. The topological polar surface area (TPSA) is 188 Å². The van der Waals surface area contributed by atoms with Crippen molar-refractivity contribution in [2.24, 2.45) is 5.73 Å². The van der Waals surface area contributed by atoms with E-state index < -0.39 is 60.2 Å². The van der Waals surface area contributed by atoms with E-state index in [9.17, 15) is 34.2 Å². The first-order valence-electron chi connectivity index (χ1n) is 11.2. The van der Waals surface area contributed by atoms with Crippen LogP contribution in [0, 0.1) is 0 Å². The van der Waals surface area contributed by atoms with Gasteiger partial charge in [-0.05, 0) is 42.4 Å². The number of hydrogen-bond donors (Lipinski definition) is 6. The summed E-state index contributed by atoms with van der Waals surface area (Å²) in [5, 5.41) is 25.9. The highest BCUT2D eigenvalue weighted by Crippen LogP contribution is 2.07. The summed E-state index contributed by atoms with van der Waals surface area (Å²) in [5.41, 5.74) is 6.65. The molecule has 1 aromatic carbocycles. The van der Waals surface area contributed by atoms with Crippen LogP contribution in [0.1, 0.15) is 24.8 Å². The molecule has 11 nitrogen and oxygen atoms in total. The van der Waals surface area contributed by atoms with E-state index in [1.54, 1.807) is 36.6 Å². The zero-order valence-electron chi connectivity index (χ0n) is 20.3. The lowest BCUT2D eigenvalue weighted by molar-refractivity contribution is -0.143. The smallest absolute Gasteiger partial charge is 0.326 e. The van der Waals surface area contributed by atoms with Gasteiger partial charge in [0.15, 0.2) is 0 Å². The summed E-state index contributed by atoms with van der Waals surface area (Å²) >= 11 is 2.91. The summed E-state index contributed by atoms with van der Waals surface area (Å²) in [6.45, 7) is 0. The number of amides is 3. The number of aliphatic carboxylic acids is 2. The van der Waals surface area contributed by atoms with Crippen molar-refractivity contribution in [1.82, 2.24) is 16.0 Å². The van der Waals surface area contributed by atoms with Gasteiger partial charge in [-0.15, -0.1) is 0 Å². The first-order valence-corrected chi connectivity index (χ1v) is 14.0. The minimum absolute atomic E-state index is 0.0700. The van der Waals surface area contributed by atoms with Crippen molar-refractivity contribution in [2.75, 3.05) is 24.0 Å². The van der Waals surface area contributed by atoms with Gasteiger partial charge in [0.2, 0.25) is 17.7 Å². The molecule has 3 amide bonds. The first kappa shape index (κ1) is 31.3. The van der Waals surface area contributed by atoms with Gasteiger partial charge in [-0.3, -0.25) is 19.2 Å². The van der Waals surface area contributed by atoms with Crippen LogP contribution in [0.25, 0.3) is 0 Å². The van der Waals surface area contributed by atoms with Crippen LogP contribution in [0.5, 0.6) is 0 Å². The van der Waals surface area contributed by atoms with E-state index in [-0.39, 0.29) is 12.8 Å². The van der Waals surface area contributed by atoms with Crippen molar-refractivity contribution in [3.63, 3.8) is 0 Å². The molecule has 0 radical (unpaired) electrons. The van der Waals surface area contributed by atoms with Crippen molar-refractivity contribution in [3.05, 3.63) is 35.9 Å². The molecule has 0 heterocycles. The summed E-state index contributed by atoms with van der Waals surface area (Å²) < 4.78 is 0. The second-order valence-corrected chi connectivity index (χ2v) is 9.95. The Kier molecular flexibility index (Phi) is 14.6. The summed E-state index contributed by atoms with van der Waals surface area (Å²) in [6, 6.07) is 4.04. The Labute approximate surface area is 218 Å². The van der Waals surface area contributed by atoms with E-state index in [0.717, 1.165) is 5.56 Å². The average Bonchev–Trinajstić information content (AvgIpc) is 2.84. The highest BCUT2D eigenvalue weighted by molar-refractivity contribution is 7.98. The zero-order valence-corrected chi connectivity index (χ0v) is 21.9. The Morgan fingerprint density at radius 2 is 1.33 bits per heavy atom. The van der Waals surface area contributed by atoms with Gasteiger partial charge in [0.05, 0.1) is 12.5 Å². The molecular weight excluding hydrogens is 508 g/mol. The molecule has 0 saturated carbocycles. The molecule has 1 aromatic rings. The van der Waals surface area contributed by atoms with Crippen LogP contribution in [0.2, 0.25) is 0 Å². The normalized spacial score (nSPS) is 14.1. The van der Waals surface area contributed by atoms with Gasteiger partial charge in [-0.25, -0.2) is 4.79 Å². The fourth-order valence-corrected chi connectivity index (χ4v) is 4.10. The van der Waals surface area contributed by atoms with Crippen LogP contribution in [0.4, 0.5) is 0 Å². The molecule has 0 spiro atoms. The van der Waals surface area contributed by atoms with Crippen molar-refractivity contribution in [3.8, 4) is 0 Å². The molecule has 0 fully saturated rings. The van der Waals surface area contributed by atoms with E-state index in [0.29, 0.717) is 17.9 Å². The molecule has 0 aliphatic carbocycles. The second kappa shape index (κ2) is 16.8. The minimum atomic E-state index is -1.55. The van der Waals surface area contributed by atoms with Gasteiger partial charge in [-0.2, -0.15) is 23.5 Å². The molecule has 4 unspecified atom stereocenters. The number of hydrogen-bond acceptors (Lipinski definition) is 8. The fourth-order valence-electron chi connectivity index (χ4n) is 3.14. The Balaban J connectivity index is 3.06. The van der Waals surface area contributed by atoms with Gasteiger partial charge in [0, 0.05) is 6.42 Å². The third kappa shape index (κ3) is 11.8. The summed E-state index contributed by atoms with van der Waals surface area (Å²) in [4.78, 5) is 61.4. The van der Waals surface area contributed by atoms with Gasteiger partial charge in [0.1, 0.15) is 18.1 Å². The standard InChI is InChI=1S/C23H34N4O7S2/c1-35-10-8-15(24)20(30)26-17(12-14-6-4-3-5-7-14)21(31)27-18(13-19(28)29)22(32)25-16(23(33)34)9-11-36-2/h3-7,15-18H,8-13,24H2,1-2H3,(H,25,32)(H,26,30)(H,27,31)(H,28,29)(H,33,34). The first-order chi connectivity index (χ1) is 17.1. The maximum Gasteiger partial charge on any atom is 0.326 e. The highest BCUT2D eigenvalue weighted by atomic mass is 32.2. The molecule has 13 heteroatoms. The largest absolute Gasteiger partial charge is 0.481 e. The minimum Gasteiger partial charge on any atom is -0.481 e. The van der Waals surface area contributed by atoms with Crippen LogP contribution in [0.3, 0.4) is 0 Å². The number of rotatable bonds is 17. The molecule has 1 rings (SSSR count). The Bertz CT molecular complexity index is 888. The molecule has 0 aliphatic heterocycles. The Hall–Kier alpha value is -2.77. The number of nitrogens with two attached hydrogens (primary N) is 1. The van der Waals surface area contributed by atoms with Crippen LogP contribution < -0.4 is 21.7 Å². The molecule has 36 heavy (non-hydrogen) atoms. The predicted molar refractivity (Wildman–Crippen MR) is 140 cm³/mol. The average molecular weight is 543 g/mol. The number of carbonyl (C=O) groups is 5. The second-order valence-electron chi connectivity index (χ2n) is 7.98. The van der Waals surface area contributed by atoms with E-state index in [4.69, 9.17) is 5.73 Å². The van der Waals surface area contributed by atoms with E-state index in [2.05, 4.69) is 16.0 Å². The van der Waals surface area contributed by atoms with E-state index >= 15 is 0 Å². The molecule has 0 aliphatic rings. The molecule has 0 bridgehead atoms. The number of carboxylic acids is 2. The summed E-state index contributed by atoms with van der Waals surface area (Å²) in [7, 11) is 0. The van der Waals surface area contributed by atoms with Crippen molar-refractivity contribution in [1.29, 1.82) is 0 Å². The third-order valence-electron chi connectivity index (χ3n) is 5.12. The van der Waals surface area contributed by atoms with Gasteiger partial charge in [-0.1, -0.05) is 30.3 Å². The fraction of sp³-hybridized carbons (Fsp3) is 0.522. The lowest BCUT2D eigenvalue weighted by Gasteiger charge is -2.24. The van der Waals surface area contributed by atoms with Crippen molar-refractivity contribution in [2.45, 2.75) is 49.9 Å². The van der Waals surface area contributed by atoms with Gasteiger partial charge < -0.3 is 31.9 Å². The highest BCUT2D eigenvalue weighted by Gasteiger charge is 2.31. The predicted octanol–water partition coefficient (Wildman–Crippen LogP) is 0.0763. The molecule has 200 valence electrons. The van der Waals surface area contributed by atoms with Crippen LogP contribution in [-0.2, 0) is 30.4 Å². The summed E-state index contributed by atoms with van der Waals surface area (Å²) in [5.74, 6) is -3.83. The van der Waals surface area contributed by atoms with Crippen molar-refractivity contribution < 1.29 is 34.2 Å². The lowest BCUT2D eigenvalue weighted by atomic mass is 10.0. The molecule has 7 N–H and O–H groups in total. The van der Waals surface area contributed by atoms with Gasteiger partial charge >= 0.3 is 11.9 Å². The van der Waals surface area contributed by atoms with Crippen LogP contribution in [-0.4, -0.2) is 88.1 Å². The quantitative estimate of drug-likeness (QED) is 0.157. The monoisotopic (exact) mass is 542 g/mol. The number of carbonyl (C=O) groups excluding carboxylic acids is 3. The van der Waals surface area contributed by atoms with E-state index in [1.165, 1.54) is 23.5 Å². The van der Waals surface area contributed by atoms with Crippen LogP contribution >= 0.6 is 23.5 Å². The van der Waals surface area contributed by atoms with Crippen LogP contribution in [0.15, 0.2) is 30.3 Å². The number of benzene rings is 1. The van der Waals surface area contributed by atoms with Crippen molar-refractivity contribution >= 4 is 53.2 Å². The molecular formula is C23H34N4O7S2. The lowest BCUT2D eigenvalue weighted by Crippen LogP contribution is -2.58. The zero-order chi connectivity index (χ0) is 27.1. The third-order valence-corrected chi connectivity index (χ3v) is 6.41. The number of nitrogens with one attached hydrogen (secondary N) is 3. The molecule has 0 saturated heterocycles. The Morgan fingerprint density at radius 3 is 1.89 bits per heavy atom. The summed E-state index contributed by atoms with van der Waals surface area (Å²) in [6.07, 6.45) is 3.47. The maximum atomic E-state index is 13.1. The number of thioether (sulfide) groups is 2. The molecule has 0 aromatic heterocycles. The Morgan fingerprint density at radius 1 is 0.806 bits per heavy atom.